The first-order valence-corrected chi connectivity index (χ1v) is 10.3. The summed E-state index contributed by atoms with van der Waals surface area (Å²) in [7, 11) is 0. The molecule has 31 heavy (non-hydrogen) atoms. The lowest BCUT2D eigenvalue weighted by atomic mass is 9.99. The topological polar surface area (TPSA) is 123 Å². The van der Waals surface area contributed by atoms with Crippen LogP contribution in [0.5, 0.6) is 0 Å². The number of carbonyl (C=O) groups excluding carboxylic acids is 2. The molecule has 9 heteroatoms. The highest BCUT2D eigenvalue weighted by Crippen LogP contribution is 2.31. The Morgan fingerprint density at radius 1 is 1.19 bits per heavy atom. The maximum Gasteiger partial charge on any atom is 0.286 e. The van der Waals surface area contributed by atoms with Gasteiger partial charge in [0, 0.05) is 29.4 Å². The van der Waals surface area contributed by atoms with Gasteiger partial charge in [-0.1, -0.05) is 18.2 Å². The lowest BCUT2D eigenvalue weighted by molar-refractivity contribution is -0.386. The highest BCUT2D eigenvalue weighted by atomic mass is 16.6. The summed E-state index contributed by atoms with van der Waals surface area (Å²) < 4.78 is 5.43. The molecule has 0 radical (unpaired) electrons. The van der Waals surface area contributed by atoms with Gasteiger partial charge < -0.3 is 20.7 Å². The molecular formula is C22H24N4O5. The van der Waals surface area contributed by atoms with E-state index in [9.17, 15) is 19.7 Å². The number of hydrogen-bond donors (Lipinski definition) is 3. The lowest BCUT2D eigenvalue weighted by Crippen LogP contribution is -2.35. The summed E-state index contributed by atoms with van der Waals surface area (Å²) in [6.07, 6.45) is 1.95. The van der Waals surface area contributed by atoms with Gasteiger partial charge in [0.15, 0.2) is 0 Å². The molecule has 1 aliphatic carbocycles. The summed E-state index contributed by atoms with van der Waals surface area (Å²) in [4.78, 5) is 36.7. The summed E-state index contributed by atoms with van der Waals surface area (Å²) in [6.45, 7) is 3.21. The summed E-state index contributed by atoms with van der Waals surface area (Å²) in [5.74, 6) is -0.803. The molecule has 0 spiro atoms. The minimum Gasteiger partial charge on any atom is -0.378 e. The van der Waals surface area contributed by atoms with Crippen molar-refractivity contribution in [1.82, 2.24) is 10.6 Å². The standard InChI is InChI=1S/C22H24N4O5/c1-13-5-6-14(21(27)24-15-7-8-15)11-18(13)25-22(28)17-4-2-3-16(20(17)26(29)30)19-12-31-10-9-23-19/h2-6,11,15,19,23H,7-10,12H2,1H3,(H,24,27)(H,25,28). The number of carbonyl (C=O) groups is 2. The third-order valence-corrected chi connectivity index (χ3v) is 5.45. The number of rotatable bonds is 6. The minimum absolute atomic E-state index is 0.0397. The van der Waals surface area contributed by atoms with E-state index in [4.69, 9.17) is 4.74 Å². The van der Waals surface area contributed by atoms with Gasteiger partial charge in [-0.25, -0.2) is 0 Å². The van der Waals surface area contributed by atoms with E-state index in [0.717, 1.165) is 18.4 Å². The summed E-state index contributed by atoms with van der Waals surface area (Å²) in [5.41, 5.74) is 1.74. The predicted octanol–water partition coefficient (Wildman–Crippen LogP) is 2.71. The maximum atomic E-state index is 13.0. The second-order valence-corrected chi connectivity index (χ2v) is 7.81. The molecule has 1 aliphatic heterocycles. The lowest BCUT2D eigenvalue weighted by Gasteiger charge is -2.24. The Kier molecular flexibility index (Phi) is 5.97. The zero-order valence-electron chi connectivity index (χ0n) is 17.1. The highest BCUT2D eigenvalue weighted by Gasteiger charge is 2.30. The number of ether oxygens (including phenoxy) is 1. The molecule has 1 saturated heterocycles. The molecular weight excluding hydrogens is 400 g/mol. The number of nitrogens with one attached hydrogen (secondary N) is 3. The molecule has 1 unspecified atom stereocenters. The van der Waals surface area contributed by atoms with E-state index in [0.29, 0.717) is 36.6 Å². The van der Waals surface area contributed by atoms with Gasteiger partial charge in [0.05, 0.1) is 24.2 Å². The Morgan fingerprint density at radius 2 is 2.00 bits per heavy atom. The summed E-state index contributed by atoms with van der Waals surface area (Å²) >= 11 is 0. The van der Waals surface area contributed by atoms with Gasteiger partial charge in [-0.3, -0.25) is 19.7 Å². The van der Waals surface area contributed by atoms with Crippen LogP contribution in [0.15, 0.2) is 36.4 Å². The molecule has 0 aromatic heterocycles. The van der Waals surface area contributed by atoms with E-state index in [1.54, 1.807) is 37.3 Å². The molecule has 2 aromatic rings. The normalized spacial score (nSPS) is 18.3. The Hall–Kier alpha value is -3.30. The van der Waals surface area contributed by atoms with Crippen LogP contribution in [0.4, 0.5) is 11.4 Å². The Bertz CT molecular complexity index is 1030. The average Bonchev–Trinajstić information content (AvgIpc) is 3.59. The number of hydrogen-bond acceptors (Lipinski definition) is 6. The smallest absolute Gasteiger partial charge is 0.286 e. The van der Waals surface area contributed by atoms with Crippen molar-refractivity contribution in [2.75, 3.05) is 25.1 Å². The van der Waals surface area contributed by atoms with Crippen LogP contribution in [0.1, 0.15) is 50.7 Å². The molecule has 2 aromatic carbocycles. The van der Waals surface area contributed by atoms with E-state index in [1.165, 1.54) is 6.07 Å². The van der Waals surface area contributed by atoms with E-state index in [-0.39, 0.29) is 29.2 Å². The quantitative estimate of drug-likeness (QED) is 0.484. The minimum atomic E-state index is -0.604. The van der Waals surface area contributed by atoms with Crippen LogP contribution in [-0.2, 0) is 4.74 Å². The molecule has 3 N–H and O–H groups in total. The van der Waals surface area contributed by atoms with Gasteiger partial charge in [-0.15, -0.1) is 0 Å². The zero-order chi connectivity index (χ0) is 22.0. The number of nitrogens with zero attached hydrogens (tertiary/aromatic N) is 1. The molecule has 2 aliphatic rings. The first-order chi connectivity index (χ1) is 14.9. The van der Waals surface area contributed by atoms with Crippen LogP contribution < -0.4 is 16.0 Å². The van der Waals surface area contributed by atoms with Crippen LogP contribution in [0.3, 0.4) is 0 Å². The number of morpholine rings is 1. The fraction of sp³-hybridized carbons (Fsp3) is 0.364. The fourth-order valence-corrected chi connectivity index (χ4v) is 3.58. The molecule has 162 valence electrons. The first kappa shape index (κ1) is 21.0. The molecule has 1 saturated carbocycles. The molecule has 1 atom stereocenters. The van der Waals surface area contributed by atoms with Crippen molar-refractivity contribution in [2.45, 2.75) is 31.8 Å². The van der Waals surface area contributed by atoms with E-state index < -0.39 is 10.8 Å². The van der Waals surface area contributed by atoms with Crippen molar-refractivity contribution in [3.05, 3.63) is 68.8 Å². The summed E-state index contributed by atoms with van der Waals surface area (Å²) in [6, 6.07) is 9.57. The summed E-state index contributed by atoms with van der Waals surface area (Å²) in [5, 5.41) is 20.7. The van der Waals surface area contributed by atoms with E-state index in [2.05, 4.69) is 16.0 Å². The second-order valence-electron chi connectivity index (χ2n) is 7.81. The number of benzene rings is 2. The monoisotopic (exact) mass is 424 g/mol. The predicted molar refractivity (Wildman–Crippen MR) is 114 cm³/mol. The maximum absolute atomic E-state index is 13.0. The molecule has 2 amide bonds. The van der Waals surface area contributed by atoms with Crippen LogP contribution in [-0.4, -0.2) is 42.5 Å². The van der Waals surface area contributed by atoms with Gasteiger partial charge in [-0.05, 0) is 43.5 Å². The Labute approximate surface area is 179 Å². The number of para-hydroxylation sites is 1. The van der Waals surface area contributed by atoms with E-state index in [1.807, 2.05) is 0 Å². The fourth-order valence-electron chi connectivity index (χ4n) is 3.58. The van der Waals surface area contributed by atoms with Gasteiger partial charge in [-0.2, -0.15) is 0 Å². The molecule has 9 nitrogen and oxygen atoms in total. The molecule has 2 fully saturated rings. The highest BCUT2D eigenvalue weighted by molar-refractivity contribution is 6.08. The number of nitro groups is 1. The van der Waals surface area contributed by atoms with Crippen molar-refractivity contribution >= 4 is 23.2 Å². The molecule has 0 bridgehead atoms. The van der Waals surface area contributed by atoms with Crippen molar-refractivity contribution in [3.63, 3.8) is 0 Å². The van der Waals surface area contributed by atoms with Crippen LogP contribution in [0.2, 0.25) is 0 Å². The number of nitro benzene ring substituents is 1. The number of anilines is 1. The van der Waals surface area contributed by atoms with Crippen LogP contribution in [0.25, 0.3) is 0 Å². The van der Waals surface area contributed by atoms with Gasteiger partial charge >= 0.3 is 0 Å². The van der Waals surface area contributed by atoms with Gasteiger partial charge in [0.25, 0.3) is 17.5 Å². The third kappa shape index (κ3) is 4.73. The van der Waals surface area contributed by atoms with Gasteiger partial charge in [0.2, 0.25) is 0 Å². The van der Waals surface area contributed by atoms with Crippen molar-refractivity contribution < 1.29 is 19.2 Å². The van der Waals surface area contributed by atoms with Crippen molar-refractivity contribution in [2.24, 2.45) is 0 Å². The average molecular weight is 424 g/mol. The second kappa shape index (κ2) is 8.83. The number of amides is 2. The SMILES string of the molecule is Cc1ccc(C(=O)NC2CC2)cc1NC(=O)c1cccc(C2COCCN2)c1[N+](=O)[O-]. The molecule has 1 heterocycles. The Morgan fingerprint density at radius 3 is 2.68 bits per heavy atom. The largest absolute Gasteiger partial charge is 0.378 e. The number of aryl methyl sites for hydroxylation is 1. The Balaban J connectivity index is 1.61. The third-order valence-electron chi connectivity index (χ3n) is 5.45. The van der Waals surface area contributed by atoms with Crippen LogP contribution in [0, 0.1) is 17.0 Å². The van der Waals surface area contributed by atoms with Gasteiger partial charge in [0.1, 0.15) is 5.56 Å². The van der Waals surface area contributed by atoms with Crippen molar-refractivity contribution in [3.8, 4) is 0 Å². The van der Waals surface area contributed by atoms with E-state index >= 15 is 0 Å². The van der Waals surface area contributed by atoms with Crippen LogP contribution >= 0.6 is 0 Å². The van der Waals surface area contributed by atoms with Crippen molar-refractivity contribution in [1.29, 1.82) is 0 Å². The zero-order valence-corrected chi connectivity index (χ0v) is 17.1. The first-order valence-electron chi connectivity index (χ1n) is 10.3. The molecule has 4 rings (SSSR count).